The minimum Gasteiger partial charge on any atom is -0.412 e. The van der Waals surface area contributed by atoms with Crippen molar-refractivity contribution in [3.8, 4) is 0 Å². The molecule has 1 nitrogen and oxygen atoms in total. The highest BCUT2D eigenvalue weighted by atomic mass is 28.4. The van der Waals surface area contributed by atoms with E-state index < -0.39 is 20.1 Å². The van der Waals surface area contributed by atoms with Gasteiger partial charge in [0.2, 0.25) is 8.32 Å². The number of halogens is 3. The van der Waals surface area contributed by atoms with Crippen molar-refractivity contribution < 1.29 is 17.6 Å². The molecular weight excluding hydrogens is 305 g/mol. The van der Waals surface area contributed by atoms with E-state index in [-0.39, 0.29) is 12.2 Å². The molecule has 0 heterocycles. The zero-order chi connectivity index (χ0) is 17.1. The number of hydrogen-bond acceptors (Lipinski definition) is 1. The normalized spacial score (nSPS) is 13.5. The molecule has 0 saturated carbocycles. The fourth-order valence-corrected chi connectivity index (χ4v) is 9.03. The molecule has 0 aliphatic rings. The third-order valence-corrected chi connectivity index (χ3v) is 10.6. The summed E-state index contributed by atoms with van der Waals surface area (Å²) in [4.78, 5) is 0. The summed E-state index contributed by atoms with van der Waals surface area (Å²) in [5.41, 5.74) is 0.699. The Bertz CT molecular complexity index is 459. The van der Waals surface area contributed by atoms with Crippen molar-refractivity contribution in [1.82, 2.24) is 0 Å². The Kier molecular flexibility index (Phi) is 6.27. The summed E-state index contributed by atoms with van der Waals surface area (Å²) in [6.45, 7) is 12.8. The van der Waals surface area contributed by atoms with Gasteiger partial charge in [-0.05, 0) is 28.3 Å². The lowest BCUT2D eigenvalue weighted by Crippen LogP contribution is -2.47. The molecule has 22 heavy (non-hydrogen) atoms. The van der Waals surface area contributed by atoms with Gasteiger partial charge in [-0.1, -0.05) is 59.7 Å². The molecule has 0 bridgehead atoms. The second-order valence-corrected chi connectivity index (χ2v) is 12.2. The van der Waals surface area contributed by atoms with E-state index in [2.05, 4.69) is 41.5 Å². The summed E-state index contributed by atoms with van der Waals surface area (Å²) in [7, 11) is -2.16. The first-order valence-electron chi connectivity index (χ1n) is 7.82. The molecular formula is C17H27F3OSi. The fraction of sp³-hybridized carbons (Fsp3) is 0.647. The fourth-order valence-electron chi connectivity index (χ4n) is 3.63. The lowest BCUT2D eigenvalue weighted by Gasteiger charge is -2.42. The van der Waals surface area contributed by atoms with Crippen molar-refractivity contribution in [3.63, 3.8) is 0 Å². The molecule has 0 aliphatic heterocycles. The van der Waals surface area contributed by atoms with Crippen molar-refractivity contribution >= 4 is 8.32 Å². The molecule has 0 fully saturated rings. The molecule has 0 unspecified atom stereocenters. The molecule has 0 saturated heterocycles. The second kappa shape index (κ2) is 7.17. The zero-order valence-corrected chi connectivity index (χ0v) is 15.3. The van der Waals surface area contributed by atoms with Gasteiger partial charge in [-0.15, -0.1) is 0 Å². The molecule has 5 heteroatoms. The van der Waals surface area contributed by atoms with E-state index in [1.807, 2.05) is 0 Å². The van der Waals surface area contributed by atoms with Gasteiger partial charge in [-0.2, -0.15) is 13.2 Å². The molecule has 126 valence electrons. The molecule has 0 radical (unpaired) electrons. The van der Waals surface area contributed by atoms with Crippen LogP contribution in [0, 0.1) is 0 Å². The van der Waals surface area contributed by atoms with Gasteiger partial charge >= 0.3 is 6.18 Å². The predicted octanol–water partition coefficient (Wildman–Crippen LogP) is 6.40. The Balaban J connectivity index is 3.10. The minimum atomic E-state index is -4.34. The van der Waals surface area contributed by atoms with Gasteiger partial charge in [-0.25, -0.2) is 0 Å². The molecule has 1 aromatic rings. The quantitative estimate of drug-likeness (QED) is 0.548. The summed E-state index contributed by atoms with van der Waals surface area (Å²) in [5, 5.41) is 0. The minimum absolute atomic E-state index is 0.0381. The van der Waals surface area contributed by atoms with Crippen LogP contribution in [0.2, 0.25) is 16.6 Å². The smallest absolute Gasteiger partial charge is 0.412 e. The summed E-state index contributed by atoms with van der Waals surface area (Å²) in [6.07, 6.45) is -4.34. The van der Waals surface area contributed by atoms with Crippen LogP contribution < -0.4 is 0 Å². The SMILES string of the molecule is CC(C)[Si](OCc1ccccc1C(F)(F)F)(C(C)C)C(C)C. The monoisotopic (exact) mass is 332 g/mol. The van der Waals surface area contributed by atoms with Crippen LogP contribution in [-0.4, -0.2) is 8.32 Å². The number of hydrogen-bond donors (Lipinski definition) is 0. The van der Waals surface area contributed by atoms with Crippen molar-refractivity contribution in [2.24, 2.45) is 0 Å². The standard InChI is InChI=1S/C17H27F3OSi/c1-12(2)22(13(3)4,14(5)6)21-11-15-9-7-8-10-16(15)17(18,19)20/h7-10,12-14H,11H2,1-6H3. The van der Waals surface area contributed by atoms with Gasteiger partial charge in [0.25, 0.3) is 0 Å². The van der Waals surface area contributed by atoms with Gasteiger partial charge in [0.15, 0.2) is 0 Å². The Labute approximate surface area is 133 Å². The van der Waals surface area contributed by atoms with Crippen LogP contribution in [0.5, 0.6) is 0 Å². The van der Waals surface area contributed by atoms with E-state index in [1.165, 1.54) is 12.1 Å². The number of rotatable bonds is 6. The van der Waals surface area contributed by atoms with Crippen LogP contribution in [-0.2, 0) is 17.2 Å². The molecule has 0 aromatic heterocycles. The summed E-state index contributed by atoms with van der Waals surface area (Å²) in [5.74, 6) is 0. The Morgan fingerprint density at radius 1 is 0.909 bits per heavy atom. The van der Waals surface area contributed by atoms with E-state index in [0.29, 0.717) is 16.6 Å². The first-order chi connectivity index (χ1) is 10.0. The van der Waals surface area contributed by atoms with Crippen LogP contribution >= 0.6 is 0 Å². The second-order valence-electron chi connectivity index (χ2n) is 6.76. The van der Waals surface area contributed by atoms with Gasteiger partial charge in [-0.3, -0.25) is 0 Å². The molecule has 0 spiro atoms. The van der Waals surface area contributed by atoms with Gasteiger partial charge in [0, 0.05) is 0 Å². The predicted molar refractivity (Wildman–Crippen MR) is 87.3 cm³/mol. The van der Waals surface area contributed by atoms with Crippen LogP contribution in [0.3, 0.4) is 0 Å². The first kappa shape index (κ1) is 19.2. The number of alkyl halides is 3. The highest BCUT2D eigenvalue weighted by Crippen LogP contribution is 2.43. The molecule has 0 aliphatic carbocycles. The van der Waals surface area contributed by atoms with Gasteiger partial charge in [0.1, 0.15) is 0 Å². The van der Waals surface area contributed by atoms with E-state index in [9.17, 15) is 13.2 Å². The third-order valence-electron chi connectivity index (χ3n) is 4.51. The van der Waals surface area contributed by atoms with Crippen LogP contribution in [0.4, 0.5) is 13.2 Å². The molecule has 0 N–H and O–H groups in total. The average molecular weight is 332 g/mol. The summed E-state index contributed by atoms with van der Waals surface area (Å²) >= 11 is 0. The first-order valence-corrected chi connectivity index (χ1v) is 9.96. The maximum absolute atomic E-state index is 13.1. The van der Waals surface area contributed by atoms with E-state index in [4.69, 9.17) is 4.43 Å². The van der Waals surface area contributed by atoms with E-state index >= 15 is 0 Å². The van der Waals surface area contributed by atoms with Crippen LogP contribution in [0.1, 0.15) is 52.7 Å². The maximum atomic E-state index is 13.1. The number of benzene rings is 1. The topological polar surface area (TPSA) is 9.23 Å². The Hall–Kier alpha value is -0.813. The lowest BCUT2D eigenvalue weighted by atomic mass is 10.1. The van der Waals surface area contributed by atoms with Gasteiger partial charge < -0.3 is 4.43 Å². The van der Waals surface area contributed by atoms with E-state index in [0.717, 1.165) is 6.07 Å². The molecule has 1 aromatic carbocycles. The van der Waals surface area contributed by atoms with Crippen molar-refractivity contribution in [3.05, 3.63) is 35.4 Å². The zero-order valence-electron chi connectivity index (χ0n) is 14.3. The van der Waals surface area contributed by atoms with Crippen molar-refractivity contribution in [1.29, 1.82) is 0 Å². The average Bonchev–Trinajstić information content (AvgIpc) is 2.37. The van der Waals surface area contributed by atoms with Crippen LogP contribution in [0.25, 0.3) is 0 Å². The van der Waals surface area contributed by atoms with Crippen molar-refractivity contribution in [2.75, 3.05) is 0 Å². The lowest BCUT2D eigenvalue weighted by molar-refractivity contribution is -0.138. The van der Waals surface area contributed by atoms with Gasteiger partial charge in [0.05, 0.1) is 12.2 Å². The summed E-state index contributed by atoms with van der Waals surface area (Å²) < 4.78 is 45.6. The van der Waals surface area contributed by atoms with E-state index in [1.54, 1.807) is 6.07 Å². The molecule has 1 rings (SSSR count). The molecule has 0 atom stereocenters. The largest absolute Gasteiger partial charge is 0.416 e. The molecule has 0 amide bonds. The third kappa shape index (κ3) is 3.93. The Morgan fingerprint density at radius 2 is 1.36 bits per heavy atom. The maximum Gasteiger partial charge on any atom is 0.416 e. The van der Waals surface area contributed by atoms with Crippen LogP contribution in [0.15, 0.2) is 24.3 Å². The summed E-state index contributed by atoms with van der Waals surface area (Å²) in [6, 6.07) is 5.70. The van der Waals surface area contributed by atoms with Crippen molar-refractivity contribution in [2.45, 2.75) is 70.9 Å². The Morgan fingerprint density at radius 3 is 1.77 bits per heavy atom. The highest BCUT2D eigenvalue weighted by Gasteiger charge is 2.45. The highest BCUT2D eigenvalue weighted by molar-refractivity contribution is 6.77.